The number of rotatable bonds is 7. The van der Waals surface area contributed by atoms with Crippen molar-refractivity contribution in [2.75, 3.05) is 23.3 Å². The van der Waals surface area contributed by atoms with Crippen molar-refractivity contribution in [2.45, 2.75) is 11.8 Å². The van der Waals surface area contributed by atoms with Crippen LogP contribution < -0.4 is 14.4 Å². The molecule has 0 bridgehead atoms. The highest BCUT2D eigenvalue weighted by molar-refractivity contribution is 9.10. The average molecular weight is 507 g/mol. The lowest BCUT2D eigenvalue weighted by Gasteiger charge is -2.24. The van der Waals surface area contributed by atoms with Gasteiger partial charge in [-0.1, -0.05) is 17.7 Å². The van der Waals surface area contributed by atoms with Gasteiger partial charge < -0.3 is 10.1 Å². The van der Waals surface area contributed by atoms with E-state index >= 15 is 0 Å². The van der Waals surface area contributed by atoms with Crippen molar-refractivity contribution in [2.24, 2.45) is 0 Å². The van der Waals surface area contributed by atoms with Crippen molar-refractivity contribution in [1.82, 2.24) is 0 Å². The second kappa shape index (κ2) is 9.49. The number of hydrogen-bond acceptors (Lipinski definition) is 4. The SMILES string of the molecule is COc1ccc(S(=O)(=O)N(CC(=O)Nc2ccc(F)cc2)c2ccc(C)cc2)cc1Br. The molecule has 0 aliphatic rings. The van der Waals surface area contributed by atoms with Gasteiger partial charge in [0.25, 0.3) is 10.0 Å². The third-order valence-electron chi connectivity index (χ3n) is 4.45. The van der Waals surface area contributed by atoms with Gasteiger partial charge in [-0.25, -0.2) is 12.8 Å². The normalized spacial score (nSPS) is 11.1. The fourth-order valence-electron chi connectivity index (χ4n) is 2.83. The standard InChI is InChI=1S/C22H20BrFN2O4S/c1-15-3-9-18(10-4-15)26(14-22(27)25-17-7-5-16(24)6-8-17)31(28,29)19-11-12-21(30-2)20(23)13-19/h3-13H,14H2,1-2H3,(H,25,27). The fraction of sp³-hybridized carbons (Fsp3) is 0.136. The molecule has 0 atom stereocenters. The summed E-state index contributed by atoms with van der Waals surface area (Å²) in [4.78, 5) is 12.6. The molecule has 0 spiro atoms. The topological polar surface area (TPSA) is 75.7 Å². The van der Waals surface area contributed by atoms with E-state index in [0.29, 0.717) is 21.6 Å². The van der Waals surface area contributed by atoms with Gasteiger partial charge in [-0.15, -0.1) is 0 Å². The molecule has 1 N–H and O–H groups in total. The van der Waals surface area contributed by atoms with Crippen LogP contribution in [0.2, 0.25) is 0 Å². The first-order valence-electron chi connectivity index (χ1n) is 9.19. The van der Waals surface area contributed by atoms with Crippen molar-refractivity contribution in [1.29, 1.82) is 0 Å². The molecule has 0 aliphatic carbocycles. The number of halogens is 2. The number of carbonyl (C=O) groups is 1. The summed E-state index contributed by atoms with van der Waals surface area (Å²) in [6, 6.07) is 16.4. The van der Waals surface area contributed by atoms with Crippen LogP contribution in [0.3, 0.4) is 0 Å². The molecule has 0 saturated heterocycles. The molecule has 0 radical (unpaired) electrons. The average Bonchev–Trinajstić information content (AvgIpc) is 2.74. The highest BCUT2D eigenvalue weighted by Crippen LogP contribution is 2.30. The van der Waals surface area contributed by atoms with E-state index in [-0.39, 0.29) is 4.90 Å². The summed E-state index contributed by atoms with van der Waals surface area (Å²) in [7, 11) is -2.60. The maximum Gasteiger partial charge on any atom is 0.264 e. The Morgan fingerprint density at radius 3 is 2.29 bits per heavy atom. The third-order valence-corrected chi connectivity index (χ3v) is 6.84. The largest absolute Gasteiger partial charge is 0.496 e. The number of methoxy groups -OCH3 is 1. The predicted molar refractivity (Wildman–Crippen MR) is 121 cm³/mol. The molecule has 0 heterocycles. The summed E-state index contributed by atoms with van der Waals surface area (Å²) in [6.07, 6.45) is 0. The smallest absolute Gasteiger partial charge is 0.264 e. The highest BCUT2D eigenvalue weighted by Gasteiger charge is 2.28. The lowest BCUT2D eigenvalue weighted by atomic mass is 10.2. The van der Waals surface area contributed by atoms with E-state index in [4.69, 9.17) is 4.74 Å². The minimum Gasteiger partial charge on any atom is -0.496 e. The molecule has 3 aromatic rings. The number of nitrogens with one attached hydrogen (secondary N) is 1. The van der Waals surface area contributed by atoms with Crippen molar-refractivity contribution >= 4 is 43.2 Å². The van der Waals surface area contributed by atoms with Crippen LogP contribution in [0.5, 0.6) is 5.75 Å². The Morgan fingerprint density at radius 2 is 1.71 bits per heavy atom. The van der Waals surface area contributed by atoms with Gasteiger partial charge in [0.1, 0.15) is 18.1 Å². The molecule has 0 saturated carbocycles. The Labute approximate surface area is 188 Å². The van der Waals surface area contributed by atoms with Crippen molar-refractivity contribution in [3.8, 4) is 5.75 Å². The molecule has 0 fully saturated rings. The lowest BCUT2D eigenvalue weighted by molar-refractivity contribution is -0.114. The van der Waals surface area contributed by atoms with Crippen LogP contribution in [0.25, 0.3) is 0 Å². The van der Waals surface area contributed by atoms with Crippen molar-refractivity contribution in [3.63, 3.8) is 0 Å². The van der Waals surface area contributed by atoms with E-state index in [1.54, 1.807) is 24.3 Å². The first-order valence-corrected chi connectivity index (χ1v) is 11.4. The Morgan fingerprint density at radius 1 is 1.06 bits per heavy atom. The molecule has 0 unspecified atom stereocenters. The Balaban J connectivity index is 1.95. The van der Waals surface area contributed by atoms with Gasteiger partial charge in [0, 0.05) is 5.69 Å². The predicted octanol–water partition coefficient (Wildman–Crippen LogP) is 4.74. The minimum absolute atomic E-state index is 0.00432. The van der Waals surface area contributed by atoms with Crippen LogP contribution >= 0.6 is 15.9 Å². The van der Waals surface area contributed by atoms with E-state index < -0.39 is 28.3 Å². The quantitative estimate of drug-likeness (QED) is 0.502. The van der Waals surface area contributed by atoms with Crippen LogP contribution in [0.1, 0.15) is 5.56 Å². The molecule has 1 amide bonds. The number of aryl methyl sites for hydroxylation is 1. The molecular weight excluding hydrogens is 487 g/mol. The van der Waals surface area contributed by atoms with Crippen LogP contribution in [0.15, 0.2) is 76.1 Å². The lowest BCUT2D eigenvalue weighted by Crippen LogP contribution is -2.38. The summed E-state index contributed by atoms with van der Waals surface area (Å²) < 4.78 is 46.6. The molecular formula is C22H20BrFN2O4S. The number of anilines is 2. The van der Waals surface area contributed by atoms with Gasteiger partial charge in [-0.05, 0) is 77.5 Å². The Hall–Kier alpha value is -2.91. The van der Waals surface area contributed by atoms with E-state index in [9.17, 15) is 17.6 Å². The van der Waals surface area contributed by atoms with Crippen molar-refractivity contribution in [3.05, 3.63) is 82.6 Å². The first kappa shape index (κ1) is 22.8. The highest BCUT2D eigenvalue weighted by atomic mass is 79.9. The fourth-order valence-corrected chi connectivity index (χ4v) is 4.96. The van der Waals surface area contributed by atoms with Crippen LogP contribution in [-0.2, 0) is 14.8 Å². The molecule has 0 aliphatic heterocycles. The Kier molecular flexibility index (Phi) is 6.97. The van der Waals surface area contributed by atoms with E-state index in [0.717, 1.165) is 9.87 Å². The zero-order valence-corrected chi connectivity index (χ0v) is 19.2. The molecule has 9 heteroatoms. The van der Waals surface area contributed by atoms with Gasteiger partial charge in [0.05, 0.1) is 22.2 Å². The number of hydrogen-bond donors (Lipinski definition) is 1. The summed E-state index contributed by atoms with van der Waals surface area (Å²) in [5.41, 5.74) is 1.65. The number of sulfonamides is 1. The monoisotopic (exact) mass is 506 g/mol. The van der Waals surface area contributed by atoms with Gasteiger partial charge >= 0.3 is 0 Å². The van der Waals surface area contributed by atoms with E-state index in [2.05, 4.69) is 21.2 Å². The number of nitrogens with zero attached hydrogens (tertiary/aromatic N) is 1. The van der Waals surface area contributed by atoms with Crippen LogP contribution in [0.4, 0.5) is 15.8 Å². The first-order chi connectivity index (χ1) is 14.7. The minimum atomic E-state index is -4.08. The zero-order valence-electron chi connectivity index (χ0n) is 16.8. The van der Waals surface area contributed by atoms with E-state index in [1.807, 2.05) is 6.92 Å². The molecule has 31 heavy (non-hydrogen) atoms. The van der Waals surface area contributed by atoms with Crippen LogP contribution in [0, 0.1) is 12.7 Å². The summed E-state index contributed by atoms with van der Waals surface area (Å²) >= 11 is 3.30. The molecule has 3 rings (SSSR count). The summed E-state index contributed by atoms with van der Waals surface area (Å²) in [5, 5.41) is 2.59. The van der Waals surface area contributed by atoms with Crippen LogP contribution in [-0.4, -0.2) is 28.0 Å². The summed E-state index contributed by atoms with van der Waals surface area (Å²) in [6.45, 7) is 1.41. The maximum absolute atomic E-state index is 13.4. The zero-order chi connectivity index (χ0) is 22.6. The van der Waals surface area contributed by atoms with Gasteiger partial charge in [-0.3, -0.25) is 9.10 Å². The maximum atomic E-state index is 13.4. The molecule has 162 valence electrons. The second-order valence-corrected chi connectivity index (χ2v) is 9.42. The van der Waals surface area contributed by atoms with Gasteiger partial charge in [0.2, 0.25) is 5.91 Å². The Bertz CT molecular complexity index is 1180. The second-order valence-electron chi connectivity index (χ2n) is 6.70. The number of carbonyl (C=O) groups excluding carboxylic acids is 1. The molecule has 0 aromatic heterocycles. The number of amides is 1. The number of benzene rings is 3. The number of ether oxygens (including phenoxy) is 1. The third kappa shape index (κ3) is 5.42. The van der Waals surface area contributed by atoms with Crippen molar-refractivity contribution < 1.29 is 22.3 Å². The molecule has 6 nitrogen and oxygen atoms in total. The van der Waals surface area contributed by atoms with E-state index in [1.165, 1.54) is 49.6 Å². The van der Waals surface area contributed by atoms with Gasteiger partial charge in [-0.2, -0.15) is 0 Å². The summed E-state index contributed by atoms with van der Waals surface area (Å²) in [5.74, 6) is -0.523. The molecule has 3 aromatic carbocycles. The van der Waals surface area contributed by atoms with Gasteiger partial charge in [0.15, 0.2) is 0 Å².